The Bertz CT molecular complexity index is 2830. The summed E-state index contributed by atoms with van der Waals surface area (Å²) in [5, 5.41) is 26.4. The number of hydrogen-bond acceptors (Lipinski definition) is 14. The first-order chi connectivity index (χ1) is 32.7. The number of carbonyl (C=O) groups excluding carboxylic acids is 4. The third-order valence-electron chi connectivity index (χ3n) is 12.4. The van der Waals surface area contributed by atoms with Crippen LogP contribution in [0.5, 0.6) is 0 Å². The van der Waals surface area contributed by atoms with Gasteiger partial charge in [-0.15, -0.1) is 32.9 Å². The van der Waals surface area contributed by atoms with Crippen LogP contribution in [0.3, 0.4) is 0 Å². The minimum Gasteiger partial charge on any atom is -0.391 e. The molecule has 2 aromatic carbocycles. The Morgan fingerprint density at radius 1 is 0.971 bits per heavy atom. The van der Waals surface area contributed by atoms with Crippen LogP contribution in [0.15, 0.2) is 59.0 Å². The van der Waals surface area contributed by atoms with Gasteiger partial charge in [-0.25, -0.2) is 13.4 Å². The number of hydrogen-bond donors (Lipinski definition) is 3. The Balaban J connectivity index is 0.863. The monoisotopic (exact) mass is 1020 g/mol. The molecule has 4 atom stereocenters. The van der Waals surface area contributed by atoms with Crippen molar-refractivity contribution < 1.29 is 37.4 Å². The first-order valence-corrected chi connectivity index (χ1v) is 26.8. The number of aliphatic hydroxyl groups is 1. The number of amides is 3. The zero-order chi connectivity index (χ0) is 49.8. The minimum atomic E-state index is -3.61. The number of likely N-dealkylation sites (tertiary alicyclic amines) is 1. The fraction of sp³-hybridized carbons (Fsp3) is 0.469. The molecule has 0 saturated carbocycles. The number of thiophene rings is 1. The maximum atomic E-state index is 14.0. The summed E-state index contributed by atoms with van der Waals surface area (Å²) in [6, 6.07) is 12.8. The highest BCUT2D eigenvalue weighted by atomic mass is 35.5. The molecule has 7 rings (SSSR count). The molecule has 1 saturated heterocycles. The quantitative estimate of drug-likeness (QED) is 0.0786. The average Bonchev–Trinajstić information content (AvgIpc) is 4.06. The number of fused-ring (bicyclic) bond motifs is 3. The van der Waals surface area contributed by atoms with Crippen molar-refractivity contribution in [2.45, 2.75) is 105 Å². The van der Waals surface area contributed by atoms with E-state index in [1.165, 1.54) is 4.90 Å². The topological polar surface area (TPSA) is 215 Å². The summed E-state index contributed by atoms with van der Waals surface area (Å²) in [5.41, 5.74) is 7.56. The summed E-state index contributed by atoms with van der Waals surface area (Å²) in [5.74, 6) is -1.00. The van der Waals surface area contributed by atoms with E-state index in [1.54, 1.807) is 55.6 Å². The number of nitrogens with zero attached hydrogens (tertiary/aromatic N) is 6. The summed E-state index contributed by atoms with van der Waals surface area (Å²) < 4.78 is 33.5. The van der Waals surface area contributed by atoms with Crippen LogP contribution in [0.25, 0.3) is 15.4 Å². The smallest absolute Gasteiger partial charge is 0.246 e. The molecule has 1 fully saturated rings. The van der Waals surface area contributed by atoms with Gasteiger partial charge in [0.2, 0.25) is 17.7 Å². The average molecular weight is 1020 g/mol. The van der Waals surface area contributed by atoms with E-state index >= 15 is 0 Å². The van der Waals surface area contributed by atoms with Crippen molar-refractivity contribution >= 4 is 73.3 Å². The lowest BCUT2D eigenvalue weighted by atomic mass is 9.85. The number of aromatic nitrogens is 4. The number of ketones is 1. The molecule has 69 heavy (non-hydrogen) atoms. The van der Waals surface area contributed by atoms with Crippen LogP contribution in [0.4, 0.5) is 0 Å². The molecule has 20 heteroatoms. The Morgan fingerprint density at radius 2 is 1.68 bits per heavy atom. The van der Waals surface area contributed by atoms with Gasteiger partial charge >= 0.3 is 0 Å². The largest absolute Gasteiger partial charge is 0.391 e. The van der Waals surface area contributed by atoms with Gasteiger partial charge in [0, 0.05) is 53.6 Å². The Kier molecular flexibility index (Phi) is 16.4. The van der Waals surface area contributed by atoms with Crippen LogP contribution in [-0.2, 0) is 40.2 Å². The standard InChI is InChI=1S/C49H59ClN8O8S3/c1-28-30(3)68-48-42(28)43(33-14-16-35(50)17-15-33)53-37(46-56-55-31(4)58(46)48)24-40(61)51-19-22-69(64,65)21-8-20-66-26-41(62)54-45(49(5,6)7)47(63)57-25-36(59)23-38(57)39(60)18-11-32-9-12-34(13-10-32)44-29(2)52-27-67-44/h9-10,12-17,27,36-38,45,59H,8,11,18-26H2,1-7H3,(H,51,61)(H,54,62)/t36-,37+,38+,45-/m1/s1. The number of β-amino-alcohol motifs (C(OH)–C–C–N with tert-alkyl or cyclic N) is 1. The van der Waals surface area contributed by atoms with Crippen molar-refractivity contribution in [2.24, 2.45) is 10.4 Å². The van der Waals surface area contributed by atoms with E-state index in [4.69, 9.17) is 21.3 Å². The Morgan fingerprint density at radius 3 is 2.36 bits per heavy atom. The molecule has 0 bridgehead atoms. The maximum absolute atomic E-state index is 14.0. The number of aliphatic hydroxyl groups excluding tert-OH is 1. The molecule has 16 nitrogen and oxygen atoms in total. The minimum absolute atomic E-state index is 0.0318. The van der Waals surface area contributed by atoms with Gasteiger partial charge < -0.3 is 25.4 Å². The van der Waals surface area contributed by atoms with Gasteiger partial charge in [0.25, 0.3) is 0 Å². The third-order valence-corrected chi connectivity index (χ3v) is 16.6. The number of Topliss-reactive ketones (excluding diaryl/α,β-unsaturated/α-hetero) is 1. The highest BCUT2D eigenvalue weighted by molar-refractivity contribution is 7.91. The molecule has 2 aliphatic rings. The fourth-order valence-corrected chi connectivity index (χ4v) is 11.9. The van der Waals surface area contributed by atoms with Crippen LogP contribution in [-0.4, -0.2) is 123 Å². The van der Waals surface area contributed by atoms with E-state index in [1.807, 2.05) is 74.2 Å². The van der Waals surface area contributed by atoms with Crippen molar-refractivity contribution in [2.75, 3.05) is 37.8 Å². The normalized spacial score (nSPS) is 17.4. The number of halogens is 1. The van der Waals surface area contributed by atoms with E-state index in [0.29, 0.717) is 28.8 Å². The molecule has 5 heterocycles. The van der Waals surface area contributed by atoms with Crippen LogP contribution in [0, 0.1) is 33.1 Å². The highest BCUT2D eigenvalue weighted by Crippen LogP contribution is 2.40. The summed E-state index contributed by atoms with van der Waals surface area (Å²) in [6.07, 6.45) is -0.124. The number of thiazole rings is 1. The number of rotatable bonds is 19. The molecule has 3 N–H and O–H groups in total. The number of sulfone groups is 1. The third kappa shape index (κ3) is 12.4. The van der Waals surface area contributed by atoms with Gasteiger partial charge in [0.05, 0.1) is 51.9 Å². The lowest BCUT2D eigenvalue weighted by Crippen LogP contribution is -2.57. The summed E-state index contributed by atoms with van der Waals surface area (Å²) in [7, 11) is -3.61. The van der Waals surface area contributed by atoms with E-state index in [9.17, 15) is 32.7 Å². The summed E-state index contributed by atoms with van der Waals surface area (Å²) in [6.45, 7) is 12.7. The molecular weight excluding hydrogens is 960 g/mol. The van der Waals surface area contributed by atoms with Crippen molar-refractivity contribution in [3.63, 3.8) is 0 Å². The number of benzene rings is 2. The first-order valence-electron chi connectivity index (χ1n) is 22.9. The van der Waals surface area contributed by atoms with Gasteiger partial charge in [-0.3, -0.25) is 28.7 Å². The lowest BCUT2D eigenvalue weighted by molar-refractivity contribution is -0.144. The SMILES string of the molecule is Cc1ncsc1-c1ccc(CCC(=O)[C@@H]2C[C@@H](O)CN2C(=O)[C@@H](NC(=O)COCCCS(=O)(=O)CCNC(=O)C[C@@H]2N=C(c3ccc(Cl)cc3)c3c(sc(C)c3C)-n3c(C)nnc32)C(C)(C)C)cc1. The van der Waals surface area contributed by atoms with Crippen LogP contribution in [0.1, 0.15) is 97.0 Å². The molecule has 5 aromatic rings. The fourth-order valence-electron chi connectivity index (χ4n) is 8.59. The lowest BCUT2D eigenvalue weighted by Gasteiger charge is -2.35. The second-order valence-corrected chi connectivity index (χ2v) is 23.5. The second kappa shape index (κ2) is 21.9. The summed E-state index contributed by atoms with van der Waals surface area (Å²) in [4.78, 5) is 67.1. The zero-order valence-electron chi connectivity index (χ0n) is 39.9. The molecular formula is C49H59ClN8O8S3. The number of nitrogens with one attached hydrogen (secondary N) is 2. The van der Waals surface area contributed by atoms with Crippen molar-refractivity contribution in [1.29, 1.82) is 0 Å². The summed E-state index contributed by atoms with van der Waals surface area (Å²) >= 11 is 9.39. The molecule has 2 aliphatic heterocycles. The van der Waals surface area contributed by atoms with E-state index in [0.717, 1.165) is 48.3 Å². The van der Waals surface area contributed by atoms with Crippen LogP contribution in [0.2, 0.25) is 5.02 Å². The number of aliphatic imine (C=N–C) groups is 1. The molecule has 368 valence electrons. The number of ether oxygens (including phenoxy) is 1. The van der Waals surface area contributed by atoms with Crippen molar-refractivity contribution in [1.82, 2.24) is 35.3 Å². The number of carbonyl (C=O) groups is 4. The van der Waals surface area contributed by atoms with E-state index in [2.05, 4.69) is 25.8 Å². The van der Waals surface area contributed by atoms with Gasteiger partial charge in [-0.05, 0) is 74.8 Å². The predicted octanol–water partition coefficient (Wildman–Crippen LogP) is 6.25. The van der Waals surface area contributed by atoms with Gasteiger partial charge in [0.1, 0.15) is 29.5 Å². The van der Waals surface area contributed by atoms with Gasteiger partial charge in [0.15, 0.2) is 21.4 Å². The van der Waals surface area contributed by atoms with Crippen molar-refractivity contribution in [3.8, 4) is 15.4 Å². The van der Waals surface area contributed by atoms with E-state index in [-0.39, 0.29) is 62.7 Å². The molecule has 0 spiro atoms. The van der Waals surface area contributed by atoms with Crippen molar-refractivity contribution in [3.05, 3.63) is 104 Å². The molecule has 0 unspecified atom stereocenters. The first kappa shape index (κ1) is 51.7. The van der Waals surface area contributed by atoms with Crippen LogP contribution < -0.4 is 10.6 Å². The van der Waals surface area contributed by atoms with E-state index < -0.39 is 63.8 Å². The van der Waals surface area contributed by atoms with Gasteiger partial charge in [-0.1, -0.05) is 68.8 Å². The molecule has 3 amide bonds. The second-order valence-electron chi connectivity index (χ2n) is 18.7. The highest BCUT2D eigenvalue weighted by Gasteiger charge is 2.44. The maximum Gasteiger partial charge on any atom is 0.246 e. The molecule has 0 aliphatic carbocycles. The number of aryl methyl sites for hydroxylation is 4. The zero-order valence-corrected chi connectivity index (χ0v) is 43.1. The Labute approximate surface area is 415 Å². The molecule has 0 radical (unpaired) electrons. The van der Waals surface area contributed by atoms with Crippen LogP contribution >= 0.6 is 34.3 Å². The molecule has 3 aromatic heterocycles. The predicted molar refractivity (Wildman–Crippen MR) is 268 cm³/mol. The van der Waals surface area contributed by atoms with Gasteiger partial charge in [-0.2, -0.15) is 0 Å². The Hall–Kier alpha value is -5.18.